The summed E-state index contributed by atoms with van der Waals surface area (Å²) in [5.74, 6) is -1.40. The first-order valence-corrected chi connectivity index (χ1v) is 14.4. The molecule has 2 amide bonds. The zero-order valence-electron chi connectivity index (χ0n) is 23.1. The average molecular weight is 596 g/mol. The van der Waals surface area contributed by atoms with Gasteiger partial charge in [0.15, 0.2) is 11.9 Å². The van der Waals surface area contributed by atoms with Crippen LogP contribution in [0.2, 0.25) is 0 Å². The van der Waals surface area contributed by atoms with Crippen molar-refractivity contribution in [2.75, 3.05) is 19.6 Å². The van der Waals surface area contributed by atoms with Gasteiger partial charge >= 0.3 is 12.2 Å². The number of fused-ring (bicyclic) bond motifs is 1. The number of piperidine rings is 1. The van der Waals surface area contributed by atoms with Crippen molar-refractivity contribution < 1.29 is 32.3 Å². The molecule has 0 spiro atoms. The highest BCUT2D eigenvalue weighted by molar-refractivity contribution is 6.31. The number of carbonyl (C=O) groups is 2. The van der Waals surface area contributed by atoms with Gasteiger partial charge < -0.3 is 19.5 Å². The number of Topliss-reactive ketones (excluding diaryl/α,β-unsaturated/α-hetero) is 1. The lowest BCUT2D eigenvalue weighted by molar-refractivity contribution is -0.222. The molecule has 7 rings (SSSR count). The molecule has 1 aliphatic carbocycles. The number of hydrogen-bond acceptors (Lipinski definition) is 4. The van der Waals surface area contributed by atoms with Crippen LogP contribution in [0, 0.1) is 11.7 Å². The number of aromatic nitrogens is 3. The maximum absolute atomic E-state index is 15.1. The van der Waals surface area contributed by atoms with Gasteiger partial charge in [0.05, 0.1) is 17.4 Å². The molecular formula is C31H29F4N5O3. The van der Waals surface area contributed by atoms with Gasteiger partial charge in [-0.15, -0.1) is 0 Å². The summed E-state index contributed by atoms with van der Waals surface area (Å²) in [5, 5.41) is 10.3. The predicted molar refractivity (Wildman–Crippen MR) is 150 cm³/mol. The van der Waals surface area contributed by atoms with Gasteiger partial charge in [0.25, 0.3) is 0 Å². The molecule has 0 saturated carbocycles. The normalized spacial score (nSPS) is 19.1. The SMILES string of the molecule is O=C1CCC(c2cn3c4c(cc(F)cc24)CN(C(=O)N2CCC(C(O)C(F)(F)F)CC2)CC3)=C1c1cnc2ccccn12. The van der Waals surface area contributed by atoms with Crippen LogP contribution in [0.4, 0.5) is 22.4 Å². The molecule has 1 fully saturated rings. The molecule has 3 aliphatic rings. The van der Waals surface area contributed by atoms with Crippen LogP contribution in [0.1, 0.15) is 42.5 Å². The van der Waals surface area contributed by atoms with Crippen LogP contribution in [0.3, 0.4) is 0 Å². The largest absolute Gasteiger partial charge is 0.414 e. The summed E-state index contributed by atoms with van der Waals surface area (Å²) in [5.41, 5.74) is 5.04. The number of carbonyl (C=O) groups excluding carboxylic acids is 2. The van der Waals surface area contributed by atoms with E-state index in [1.807, 2.05) is 39.6 Å². The number of imidazole rings is 1. The second kappa shape index (κ2) is 10.2. The average Bonchev–Trinajstić information content (AvgIpc) is 3.64. The van der Waals surface area contributed by atoms with Gasteiger partial charge in [-0.1, -0.05) is 6.07 Å². The van der Waals surface area contributed by atoms with Crippen molar-refractivity contribution in [2.45, 2.75) is 51.1 Å². The van der Waals surface area contributed by atoms with Crippen LogP contribution in [0.25, 0.3) is 27.7 Å². The fourth-order valence-electron chi connectivity index (χ4n) is 6.92. The number of benzene rings is 1. The quantitative estimate of drug-likeness (QED) is 0.327. The van der Waals surface area contributed by atoms with Crippen LogP contribution in [0.5, 0.6) is 0 Å². The number of nitrogens with zero attached hydrogens (tertiary/aromatic N) is 5. The van der Waals surface area contributed by atoms with E-state index in [0.717, 1.165) is 22.3 Å². The highest BCUT2D eigenvalue weighted by Gasteiger charge is 2.44. The van der Waals surface area contributed by atoms with Gasteiger partial charge in [0, 0.05) is 68.1 Å². The molecule has 3 aromatic heterocycles. The molecule has 12 heteroatoms. The number of pyridine rings is 1. The number of rotatable bonds is 3. The van der Waals surface area contributed by atoms with Gasteiger partial charge in [-0.05, 0) is 60.6 Å². The summed E-state index contributed by atoms with van der Waals surface area (Å²) in [6, 6.07) is 8.19. The molecule has 1 atom stereocenters. The van der Waals surface area contributed by atoms with Gasteiger partial charge in [0.1, 0.15) is 11.5 Å². The summed E-state index contributed by atoms with van der Waals surface area (Å²) in [4.78, 5) is 34.2. The van der Waals surface area contributed by atoms with E-state index < -0.39 is 24.0 Å². The van der Waals surface area contributed by atoms with E-state index in [4.69, 9.17) is 0 Å². The monoisotopic (exact) mass is 595 g/mol. The van der Waals surface area contributed by atoms with Crippen molar-refractivity contribution in [3.05, 3.63) is 71.6 Å². The summed E-state index contributed by atoms with van der Waals surface area (Å²) < 4.78 is 57.9. The van der Waals surface area contributed by atoms with E-state index in [2.05, 4.69) is 4.98 Å². The Bertz CT molecular complexity index is 1800. The Morgan fingerprint density at radius 2 is 1.84 bits per heavy atom. The summed E-state index contributed by atoms with van der Waals surface area (Å²) >= 11 is 0. The third-order valence-corrected chi connectivity index (χ3v) is 9.03. The van der Waals surface area contributed by atoms with Crippen molar-refractivity contribution in [3.8, 4) is 0 Å². The van der Waals surface area contributed by atoms with Gasteiger partial charge in [-0.25, -0.2) is 14.2 Å². The molecule has 4 aromatic rings. The number of halogens is 4. The molecule has 2 aliphatic heterocycles. The van der Waals surface area contributed by atoms with Crippen LogP contribution in [-0.2, 0) is 17.9 Å². The fourth-order valence-corrected chi connectivity index (χ4v) is 6.92. The number of amides is 2. The van der Waals surface area contributed by atoms with E-state index in [1.54, 1.807) is 11.1 Å². The lowest BCUT2D eigenvalue weighted by Crippen LogP contribution is -2.49. The lowest BCUT2D eigenvalue weighted by Gasteiger charge is -2.37. The highest BCUT2D eigenvalue weighted by atomic mass is 19.4. The number of aliphatic hydroxyl groups excluding tert-OH is 1. The van der Waals surface area contributed by atoms with Crippen LogP contribution in [-0.4, -0.2) is 72.6 Å². The molecule has 0 radical (unpaired) electrons. The van der Waals surface area contributed by atoms with Crippen LogP contribution >= 0.6 is 0 Å². The molecule has 1 N–H and O–H groups in total. The molecular weight excluding hydrogens is 566 g/mol. The second-order valence-corrected chi connectivity index (χ2v) is 11.6. The third-order valence-electron chi connectivity index (χ3n) is 9.03. The topological polar surface area (TPSA) is 83.1 Å². The number of alkyl halides is 3. The molecule has 1 unspecified atom stereocenters. The number of hydrogen-bond donors (Lipinski definition) is 1. The van der Waals surface area contributed by atoms with E-state index in [0.29, 0.717) is 48.1 Å². The van der Waals surface area contributed by atoms with Gasteiger partial charge in [-0.2, -0.15) is 13.2 Å². The smallest absolute Gasteiger partial charge is 0.383 e. The van der Waals surface area contributed by atoms with Gasteiger partial charge in [-0.3, -0.25) is 9.20 Å². The van der Waals surface area contributed by atoms with Gasteiger partial charge in [0.2, 0.25) is 0 Å². The lowest BCUT2D eigenvalue weighted by atomic mass is 9.91. The minimum absolute atomic E-state index is 0.00793. The predicted octanol–water partition coefficient (Wildman–Crippen LogP) is 5.27. The summed E-state index contributed by atoms with van der Waals surface area (Å²) in [6.07, 6.45) is -0.636. The first kappa shape index (κ1) is 27.6. The first-order valence-electron chi connectivity index (χ1n) is 14.4. The molecule has 8 nitrogen and oxygen atoms in total. The molecule has 1 saturated heterocycles. The van der Waals surface area contributed by atoms with Crippen molar-refractivity contribution in [2.24, 2.45) is 5.92 Å². The zero-order chi connectivity index (χ0) is 30.0. The van der Waals surface area contributed by atoms with Crippen molar-refractivity contribution in [3.63, 3.8) is 0 Å². The van der Waals surface area contributed by atoms with Crippen molar-refractivity contribution >= 4 is 39.5 Å². The Morgan fingerprint density at radius 1 is 1.05 bits per heavy atom. The molecule has 224 valence electrons. The Labute approximate surface area is 243 Å². The maximum atomic E-state index is 15.1. The summed E-state index contributed by atoms with van der Waals surface area (Å²) in [6.45, 7) is 1.10. The number of ketones is 1. The Balaban J connectivity index is 1.20. The Hall–Kier alpha value is -4.19. The Morgan fingerprint density at radius 3 is 2.60 bits per heavy atom. The van der Waals surface area contributed by atoms with E-state index in [-0.39, 0.29) is 44.3 Å². The zero-order valence-corrected chi connectivity index (χ0v) is 23.1. The number of allylic oxidation sites excluding steroid dienone is 2. The summed E-state index contributed by atoms with van der Waals surface area (Å²) in [7, 11) is 0. The minimum Gasteiger partial charge on any atom is -0.383 e. The standard InChI is InChI=1S/C31H29F4N5O3/c32-20-13-19-16-39(30(43)37-9-6-18(7-10-37)29(42)31(33,34)35)12-11-38-17-23(22(14-20)28(19)38)21-4-5-25(41)27(21)24-15-36-26-3-1-2-8-40(24)26/h1-3,8,13-15,17-18,29,42H,4-7,9-12,16H2. The van der Waals surface area contributed by atoms with Crippen molar-refractivity contribution in [1.29, 1.82) is 0 Å². The third kappa shape index (κ3) is 4.68. The van der Waals surface area contributed by atoms with E-state index in [1.165, 1.54) is 17.0 Å². The number of aliphatic hydroxyl groups is 1. The number of likely N-dealkylation sites (tertiary alicyclic amines) is 1. The molecule has 5 heterocycles. The van der Waals surface area contributed by atoms with Crippen LogP contribution < -0.4 is 0 Å². The highest BCUT2D eigenvalue weighted by Crippen LogP contribution is 2.42. The maximum Gasteiger partial charge on any atom is 0.414 e. The van der Waals surface area contributed by atoms with E-state index in [9.17, 15) is 27.9 Å². The number of urea groups is 1. The van der Waals surface area contributed by atoms with Crippen molar-refractivity contribution in [1.82, 2.24) is 23.8 Å². The second-order valence-electron chi connectivity index (χ2n) is 11.6. The van der Waals surface area contributed by atoms with Crippen LogP contribution in [0.15, 0.2) is 48.9 Å². The fraction of sp³-hybridized carbons (Fsp3) is 0.387. The molecule has 43 heavy (non-hydrogen) atoms. The Kier molecular flexibility index (Phi) is 6.57. The molecule has 1 aromatic carbocycles. The van der Waals surface area contributed by atoms with E-state index >= 15 is 4.39 Å². The first-order chi connectivity index (χ1) is 20.6. The minimum atomic E-state index is -4.69. The molecule has 0 bridgehead atoms.